The fourth-order valence-corrected chi connectivity index (χ4v) is 6.90. The first kappa shape index (κ1) is 24.0. The fourth-order valence-electron chi connectivity index (χ4n) is 5.61. The number of piperazine rings is 1. The Labute approximate surface area is 218 Å². The Morgan fingerprint density at radius 1 is 1.19 bits per heavy atom. The Morgan fingerprint density at radius 3 is 2.70 bits per heavy atom. The Kier molecular flexibility index (Phi) is 5.95. The third-order valence-corrected chi connectivity index (χ3v) is 8.75. The summed E-state index contributed by atoms with van der Waals surface area (Å²) < 4.78 is 17.3. The normalized spacial score (nSPS) is 19.5. The van der Waals surface area contributed by atoms with Gasteiger partial charge in [0.2, 0.25) is 5.95 Å². The van der Waals surface area contributed by atoms with Gasteiger partial charge in [-0.05, 0) is 42.6 Å². The molecule has 2 atom stereocenters. The van der Waals surface area contributed by atoms with E-state index in [1.165, 1.54) is 17.8 Å². The van der Waals surface area contributed by atoms with E-state index in [4.69, 9.17) is 0 Å². The molecule has 0 amide bonds. The Hall–Kier alpha value is -3.37. The van der Waals surface area contributed by atoms with Crippen LogP contribution < -0.4 is 15.8 Å². The monoisotopic (exact) mass is 519 g/mol. The van der Waals surface area contributed by atoms with Crippen LogP contribution in [0.1, 0.15) is 38.7 Å². The summed E-state index contributed by atoms with van der Waals surface area (Å²) in [6, 6.07) is 6.88. The number of hydrogen-bond donors (Lipinski definition) is 1. The molecule has 10 heteroatoms. The van der Waals surface area contributed by atoms with Crippen molar-refractivity contribution in [1.29, 1.82) is 0 Å². The number of thiophene rings is 1. The van der Waals surface area contributed by atoms with Crippen LogP contribution in [0.5, 0.6) is 0 Å². The third-order valence-electron chi connectivity index (χ3n) is 7.56. The van der Waals surface area contributed by atoms with Crippen molar-refractivity contribution in [3.63, 3.8) is 0 Å². The van der Waals surface area contributed by atoms with Gasteiger partial charge < -0.3 is 14.8 Å². The van der Waals surface area contributed by atoms with Crippen molar-refractivity contribution in [3.05, 3.63) is 58.5 Å². The molecule has 8 nitrogen and oxygen atoms in total. The zero-order chi connectivity index (χ0) is 25.8. The molecular weight excluding hydrogens is 489 g/mol. The van der Waals surface area contributed by atoms with E-state index in [1.807, 2.05) is 18.5 Å². The van der Waals surface area contributed by atoms with E-state index in [9.17, 15) is 9.18 Å². The predicted molar refractivity (Wildman–Crippen MR) is 146 cm³/mol. The summed E-state index contributed by atoms with van der Waals surface area (Å²) in [6.07, 6.45) is 6.11. The summed E-state index contributed by atoms with van der Waals surface area (Å²) in [5.74, 6) is 0.537. The molecule has 0 spiro atoms. The number of aryl methyl sites for hydroxylation is 1. The van der Waals surface area contributed by atoms with Gasteiger partial charge in [0.05, 0.1) is 28.3 Å². The lowest BCUT2D eigenvalue weighted by Gasteiger charge is -2.34. The molecule has 1 N–H and O–H groups in total. The number of nitrogens with zero attached hydrogens (tertiary/aromatic N) is 6. The van der Waals surface area contributed by atoms with E-state index in [-0.39, 0.29) is 23.1 Å². The largest absolute Gasteiger partial charge is 0.364 e. The van der Waals surface area contributed by atoms with Crippen LogP contribution in [0.4, 0.5) is 21.8 Å². The molecule has 4 aromatic rings. The average Bonchev–Trinajstić information content (AvgIpc) is 3.62. The zero-order valence-corrected chi connectivity index (χ0v) is 22.2. The van der Waals surface area contributed by atoms with Gasteiger partial charge in [-0.3, -0.25) is 9.69 Å². The van der Waals surface area contributed by atoms with Crippen molar-refractivity contribution in [1.82, 2.24) is 24.4 Å². The number of pyridine rings is 2. The molecule has 0 aliphatic carbocycles. The van der Waals surface area contributed by atoms with Crippen molar-refractivity contribution in [2.24, 2.45) is 7.05 Å². The van der Waals surface area contributed by atoms with Crippen molar-refractivity contribution in [2.75, 3.05) is 29.9 Å². The molecular formula is C27H30FN7OS. The standard InChI is InChI=1S/C27H30FN7OS/c1-5-34-12-18-8-17(34)13-35(18)16-6-7-23(29-10-16)31-27-30-11-21(28)24(32-27)22-9-19-25(37-22)20(15(2)3)14-33(4)26(19)36/h6-7,9-11,14-15,17-18H,5,8,12-13H2,1-4H3,(H,29,30,31,32). The van der Waals surface area contributed by atoms with Crippen LogP contribution >= 0.6 is 11.3 Å². The number of hydrogen-bond acceptors (Lipinski definition) is 8. The van der Waals surface area contributed by atoms with Gasteiger partial charge in [0.1, 0.15) is 11.5 Å². The van der Waals surface area contributed by atoms with Crippen molar-refractivity contribution in [3.8, 4) is 10.6 Å². The minimum absolute atomic E-state index is 0.104. The Bertz CT molecular complexity index is 1530. The van der Waals surface area contributed by atoms with Crippen LogP contribution in [-0.4, -0.2) is 56.1 Å². The van der Waals surface area contributed by atoms with Crippen LogP contribution in [-0.2, 0) is 7.05 Å². The molecule has 37 heavy (non-hydrogen) atoms. The highest BCUT2D eigenvalue weighted by Gasteiger charge is 2.42. The highest BCUT2D eigenvalue weighted by atomic mass is 32.1. The highest BCUT2D eigenvalue weighted by Crippen LogP contribution is 2.37. The van der Waals surface area contributed by atoms with Gasteiger partial charge in [0.25, 0.3) is 5.56 Å². The first-order chi connectivity index (χ1) is 17.8. The van der Waals surface area contributed by atoms with Crippen LogP contribution in [0.15, 0.2) is 41.6 Å². The molecule has 0 saturated carbocycles. The lowest BCUT2D eigenvalue weighted by molar-refractivity contribution is 0.251. The lowest BCUT2D eigenvalue weighted by Crippen LogP contribution is -2.46. The molecule has 2 aliphatic rings. The molecule has 2 saturated heterocycles. The number of aromatic nitrogens is 4. The minimum atomic E-state index is -0.534. The third kappa shape index (κ3) is 4.18. The average molecular weight is 520 g/mol. The second-order valence-electron chi connectivity index (χ2n) is 10.2. The SMILES string of the molecule is CCN1CC2CC1CN2c1ccc(Nc2ncc(F)c(-c3cc4c(=O)n(C)cc(C(C)C)c4s3)n2)nc1. The number of likely N-dealkylation sites (N-methyl/N-ethyl adjacent to an activating group) is 1. The van der Waals surface area contributed by atoms with Gasteiger partial charge in [0.15, 0.2) is 5.82 Å². The molecule has 4 aromatic heterocycles. The Balaban J connectivity index is 1.26. The lowest BCUT2D eigenvalue weighted by atomic mass is 10.0. The summed E-state index contributed by atoms with van der Waals surface area (Å²) in [7, 11) is 1.74. The number of fused-ring (bicyclic) bond motifs is 3. The first-order valence-corrected chi connectivity index (χ1v) is 13.5. The maximum atomic E-state index is 14.9. The molecule has 0 aromatic carbocycles. The summed E-state index contributed by atoms with van der Waals surface area (Å²) in [4.78, 5) is 31.5. The van der Waals surface area contributed by atoms with E-state index in [1.54, 1.807) is 17.7 Å². The molecule has 6 rings (SSSR count). The summed E-state index contributed by atoms with van der Waals surface area (Å²) in [6.45, 7) is 9.63. The van der Waals surface area contributed by atoms with Crippen molar-refractivity contribution in [2.45, 2.75) is 45.2 Å². The number of anilines is 3. The van der Waals surface area contributed by atoms with Crippen molar-refractivity contribution < 1.29 is 4.39 Å². The van der Waals surface area contributed by atoms with Gasteiger partial charge in [-0.2, -0.15) is 0 Å². The first-order valence-electron chi connectivity index (χ1n) is 12.7. The second kappa shape index (κ2) is 9.18. The minimum Gasteiger partial charge on any atom is -0.364 e. The van der Waals surface area contributed by atoms with Gasteiger partial charge in [-0.1, -0.05) is 20.8 Å². The summed E-state index contributed by atoms with van der Waals surface area (Å²) >= 11 is 1.38. The Morgan fingerprint density at radius 2 is 2.03 bits per heavy atom. The predicted octanol–water partition coefficient (Wildman–Crippen LogP) is 4.74. The van der Waals surface area contributed by atoms with E-state index < -0.39 is 5.82 Å². The molecule has 2 unspecified atom stereocenters. The number of likely N-dealkylation sites (tertiary alicyclic amines) is 1. The smallest absolute Gasteiger partial charge is 0.259 e. The highest BCUT2D eigenvalue weighted by molar-refractivity contribution is 7.22. The van der Waals surface area contributed by atoms with Gasteiger partial charge in [-0.25, -0.2) is 19.3 Å². The van der Waals surface area contributed by atoms with Gasteiger partial charge in [0, 0.05) is 43.1 Å². The molecule has 0 radical (unpaired) electrons. The number of halogens is 1. The summed E-state index contributed by atoms with van der Waals surface area (Å²) in [5, 5.41) is 3.68. The van der Waals surface area contributed by atoms with E-state index in [2.05, 4.69) is 56.9 Å². The van der Waals surface area contributed by atoms with E-state index in [0.717, 1.165) is 41.8 Å². The topological polar surface area (TPSA) is 79.2 Å². The fraction of sp³-hybridized carbons (Fsp3) is 0.407. The van der Waals surface area contributed by atoms with Crippen molar-refractivity contribution >= 4 is 38.9 Å². The number of rotatable bonds is 6. The van der Waals surface area contributed by atoms with Crippen LogP contribution in [0, 0.1) is 5.82 Å². The van der Waals surface area contributed by atoms with E-state index in [0.29, 0.717) is 28.2 Å². The molecule has 192 valence electrons. The van der Waals surface area contributed by atoms with Crippen LogP contribution in [0.2, 0.25) is 0 Å². The molecule has 6 heterocycles. The van der Waals surface area contributed by atoms with Crippen LogP contribution in [0.25, 0.3) is 20.7 Å². The van der Waals surface area contributed by atoms with E-state index >= 15 is 0 Å². The molecule has 2 fully saturated rings. The summed E-state index contributed by atoms with van der Waals surface area (Å²) in [5.41, 5.74) is 2.23. The molecule has 2 aliphatic heterocycles. The zero-order valence-electron chi connectivity index (χ0n) is 21.4. The maximum Gasteiger partial charge on any atom is 0.259 e. The van der Waals surface area contributed by atoms with Gasteiger partial charge >= 0.3 is 0 Å². The van der Waals surface area contributed by atoms with Gasteiger partial charge in [-0.15, -0.1) is 11.3 Å². The quantitative estimate of drug-likeness (QED) is 0.394. The maximum absolute atomic E-state index is 14.9. The molecule has 2 bridgehead atoms. The van der Waals surface area contributed by atoms with Crippen LogP contribution in [0.3, 0.4) is 0 Å². The number of nitrogens with one attached hydrogen (secondary N) is 1. The second-order valence-corrected chi connectivity index (χ2v) is 11.3.